The van der Waals surface area contributed by atoms with Crippen LogP contribution < -0.4 is 15.0 Å². The Hall–Kier alpha value is -2.20. The number of likely N-dealkylation sites (N-methyl/N-ethyl adjacent to an activating group) is 1. The summed E-state index contributed by atoms with van der Waals surface area (Å²) in [4.78, 5) is 2.30. The normalized spacial score (nSPS) is 13.1. The molecule has 22 heavy (non-hydrogen) atoms. The quantitative estimate of drug-likeness (QED) is 0.860. The second-order valence-electron chi connectivity index (χ2n) is 5.58. The molecule has 3 rings (SSSR count). The fraction of sp³-hybridized carbons (Fsp3) is 0.333. The van der Waals surface area contributed by atoms with Crippen molar-refractivity contribution in [3.8, 4) is 5.75 Å². The molecule has 0 fully saturated rings. The van der Waals surface area contributed by atoms with E-state index in [1.165, 1.54) is 16.8 Å². The molecular weight excluding hydrogens is 276 g/mol. The van der Waals surface area contributed by atoms with Crippen molar-refractivity contribution >= 4 is 11.4 Å². The van der Waals surface area contributed by atoms with Gasteiger partial charge in [0.1, 0.15) is 12.4 Å². The minimum atomic E-state index is 0.0352. The van der Waals surface area contributed by atoms with Gasteiger partial charge >= 0.3 is 0 Å². The average molecular weight is 298 g/mol. The number of ether oxygens (including phenoxy) is 1. The summed E-state index contributed by atoms with van der Waals surface area (Å²) in [6, 6.07) is 14.5. The number of benzene rings is 2. The van der Waals surface area contributed by atoms with E-state index in [2.05, 4.69) is 35.5 Å². The maximum Gasteiger partial charge on any atom is 0.119 e. The molecule has 0 radical (unpaired) electrons. The molecule has 0 unspecified atom stereocenters. The first kappa shape index (κ1) is 14.7. The maximum absolute atomic E-state index is 8.74. The summed E-state index contributed by atoms with van der Waals surface area (Å²) in [5.41, 5.74) is 5.16. The Morgan fingerprint density at radius 3 is 2.77 bits per heavy atom. The van der Waals surface area contributed by atoms with E-state index in [-0.39, 0.29) is 6.61 Å². The van der Waals surface area contributed by atoms with Crippen LogP contribution in [0.2, 0.25) is 0 Å². The highest BCUT2D eigenvalue weighted by Gasteiger charge is 2.15. The average Bonchev–Trinajstić information content (AvgIpc) is 2.93. The van der Waals surface area contributed by atoms with Gasteiger partial charge in [0.05, 0.1) is 6.61 Å². The molecule has 1 heterocycles. The van der Waals surface area contributed by atoms with Crippen molar-refractivity contribution in [1.82, 2.24) is 0 Å². The topological polar surface area (TPSA) is 44.7 Å². The first-order chi connectivity index (χ1) is 10.8. The Bertz CT molecular complexity index is 625. The summed E-state index contributed by atoms with van der Waals surface area (Å²) in [5.74, 6) is 0.778. The fourth-order valence-electron chi connectivity index (χ4n) is 2.77. The minimum absolute atomic E-state index is 0.0352. The van der Waals surface area contributed by atoms with Crippen LogP contribution in [0.4, 0.5) is 11.4 Å². The first-order valence-electron chi connectivity index (χ1n) is 7.67. The van der Waals surface area contributed by atoms with E-state index in [1.807, 2.05) is 24.3 Å². The molecule has 0 aromatic heterocycles. The zero-order valence-electron chi connectivity index (χ0n) is 12.9. The van der Waals surface area contributed by atoms with E-state index in [9.17, 15) is 0 Å². The molecule has 2 aromatic carbocycles. The molecule has 2 aromatic rings. The van der Waals surface area contributed by atoms with Crippen LogP contribution in [0, 0.1) is 0 Å². The molecule has 0 saturated carbocycles. The molecule has 4 nitrogen and oxygen atoms in total. The highest BCUT2D eigenvalue weighted by atomic mass is 16.5. The predicted molar refractivity (Wildman–Crippen MR) is 89.8 cm³/mol. The van der Waals surface area contributed by atoms with Gasteiger partial charge in [0.15, 0.2) is 0 Å². The van der Waals surface area contributed by atoms with Crippen molar-refractivity contribution in [1.29, 1.82) is 0 Å². The Labute approximate surface area is 131 Å². The summed E-state index contributed by atoms with van der Waals surface area (Å²) in [6.07, 6.45) is 1.14. The van der Waals surface area contributed by atoms with E-state index < -0.39 is 0 Å². The predicted octanol–water partition coefficient (Wildman–Crippen LogP) is 2.66. The number of hydrogen-bond donors (Lipinski definition) is 2. The van der Waals surface area contributed by atoms with E-state index in [1.54, 1.807) is 0 Å². The fourth-order valence-corrected chi connectivity index (χ4v) is 2.77. The van der Waals surface area contributed by atoms with E-state index in [0.29, 0.717) is 6.61 Å². The highest BCUT2D eigenvalue weighted by Crippen LogP contribution is 2.27. The van der Waals surface area contributed by atoms with Gasteiger partial charge in [-0.1, -0.05) is 12.1 Å². The van der Waals surface area contributed by atoms with Gasteiger partial charge in [0, 0.05) is 31.5 Å². The van der Waals surface area contributed by atoms with Crippen molar-refractivity contribution in [2.75, 3.05) is 37.0 Å². The van der Waals surface area contributed by atoms with Gasteiger partial charge in [-0.25, -0.2) is 0 Å². The summed E-state index contributed by atoms with van der Waals surface area (Å²) >= 11 is 0. The van der Waals surface area contributed by atoms with E-state index in [0.717, 1.165) is 30.9 Å². The van der Waals surface area contributed by atoms with Gasteiger partial charge in [0.25, 0.3) is 0 Å². The lowest BCUT2D eigenvalue weighted by Gasteiger charge is -2.13. The van der Waals surface area contributed by atoms with Gasteiger partial charge in [-0.2, -0.15) is 0 Å². The molecule has 0 bridgehead atoms. The van der Waals surface area contributed by atoms with Crippen LogP contribution in [0.3, 0.4) is 0 Å². The molecule has 1 aliphatic heterocycles. The lowest BCUT2D eigenvalue weighted by Crippen LogP contribution is -2.12. The number of rotatable bonds is 6. The molecular formula is C18H22N2O2. The van der Waals surface area contributed by atoms with Crippen molar-refractivity contribution in [2.24, 2.45) is 0 Å². The van der Waals surface area contributed by atoms with Crippen LogP contribution in [0.25, 0.3) is 0 Å². The molecule has 0 amide bonds. The molecule has 1 aliphatic rings. The summed E-state index contributed by atoms with van der Waals surface area (Å²) in [6.45, 7) is 2.29. The van der Waals surface area contributed by atoms with Gasteiger partial charge in [-0.15, -0.1) is 0 Å². The second kappa shape index (κ2) is 6.71. The van der Waals surface area contributed by atoms with Crippen LogP contribution >= 0.6 is 0 Å². The number of nitrogens with one attached hydrogen (secondary N) is 1. The molecule has 2 N–H and O–H groups in total. The molecule has 0 atom stereocenters. The minimum Gasteiger partial charge on any atom is -0.491 e. The van der Waals surface area contributed by atoms with Crippen molar-refractivity contribution in [2.45, 2.75) is 13.0 Å². The number of nitrogens with zero attached hydrogens (tertiary/aromatic N) is 1. The Balaban J connectivity index is 1.58. The van der Waals surface area contributed by atoms with Crippen molar-refractivity contribution < 1.29 is 9.84 Å². The smallest absolute Gasteiger partial charge is 0.119 e. The number of aliphatic hydroxyl groups excluding tert-OH is 1. The van der Waals surface area contributed by atoms with E-state index in [4.69, 9.17) is 9.84 Å². The first-order valence-corrected chi connectivity index (χ1v) is 7.67. The van der Waals surface area contributed by atoms with Gasteiger partial charge < -0.3 is 20.1 Å². The van der Waals surface area contributed by atoms with Crippen LogP contribution in [0.1, 0.15) is 11.1 Å². The third-order valence-electron chi connectivity index (χ3n) is 3.98. The van der Waals surface area contributed by atoms with Gasteiger partial charge in [-0.05, 0) is 47.9 Å². The Morgan fingerprint density at radius 1 is 1.18 bits per heavy atom. The molecule has 0 aliphatic carbocycles. The van der Waals surface area contributed by atoms with Gasteiger partial charge in [0.2, 0.25) is 0 Å². The lowest BCUT2D eigenvalue weighted by molar-refractivity contribution is 0.201. The molecule has 116 valence electrons. The SMILES string of the molecule is CN1CCc2cc(CNc3ccc(OCCO)cc3)ccc21. The number of anilines is 2. The van der Waals surface area contributed by atoms with E-state index >= 15 is 0 Å². The Morgan fingerprint density at radius 2 is 2.00 bits per heavy atom. The summed E-state index contributed by atoms with van der Waals surface area (Å²) in [5, 5.41) is 12.2. The third-order valence-corrected chi connectivity index (χ3v) is 3.98. The van der Waals surface area contributed by atoms with Crippen molar-refractivity contribution in [3.05, 3.63) is 53.6 Å². The van der Waals surface area contributed by atoms with Crippen LogP contribution in [0.5, 0.6) is 5.75 Å². The number of fused-ring (bicyclic) bond motifs is 1. The molecule has 0 spiro atoms. The van der Waals surface area contributed by atoms with Crippen LogP contribution in [-0.2, 0) is 13.0 Å². The standard InChI is InChI=1S/C18H22N2O2/c1-20-9-8-15-12-14(2-7-18(15)20)13-19-16-3-5-17(6-4-16)22-11-10-21/h2-7,12,19,21H,8-11,13H2,1H3. The molecule has 4 heteroatoms. The van der Waals surface area contributed by atoms with Crippen molar-refractivity contribution in [3.63, 3.8) is 0 Å². The largest absolute Gasteiger partial charge is 0.491 e. The molecule has 0 saturated heterocycles. The zero-order chi connectivity index (χ0) is 15.4. The van der Waals surface area contributed by atoms with Crippen LogP contribution in [-0.4, -0.2) is 31.9 Å². The third kappa shape index (κ3) is 3.34. The number of aliphatic hydroxyl groups is 1. The second-order valence-corrected chi connectivity index (χ2v) is 5.58. The summed E-state index contributed by atoms with van der Waals surface area (Å²) in [7, 11) is 2.14. The number of hydrogen-bond acceptors (Lipinski definition) is 4. The zero-order valence-corrected chi connectivity index (χ0v) is 12.9. The maximum atomic E-state index is 8.74. The van der Waals surface area contributed by atoms with Gasteiger partial charge in [-0.3, -0.25) is 0 Å². The highest BCUT2D eigenvalue weighted by molar-refractivity contribution is 5.58. The Kier molecular flexibility index (Phi) is 4.49. The monoisotopic (exact) mass is 298 g/mol. The lowest BCUT2D eigenvalue weighted by atomic mass is 10.1. The van der Waals surface area contributed by atoms with Crippen LogP contribution in [0.15, 0.2) is 42.5 Å². The summed E-state index contributed by atoms with van der Waals surface area (Å²) < 4.78 is 5.35.